The molecular formula is C31H28N4O4S. The van der Waals surface area contributed by atoms with E-state index in [0.29, 0.717) is 17.8 Å². The van der Waals surface area contributed by atoms with Crippen molar-refractivity contribution >= 4 is 51.3 Å². The van der Waals surface area contributed by atoms with E-state index in [-0.39, 0.29) is 19.0 Å². The highest BCUT2D eigenvalue weighted by Crippen LogP contribution is 2.33. The van der Waals surface area contributed by atoms with Crippen molar-refractivity contribution in [2.75, 3.05) is 20.3 Å². The lowest BCUT2D eigenvalue weighted by molar-refractivity contribution is 0.0495. The van der Waals surface area contributed by atoms with Gasteiger partial charge in [-0.3, -0.25) is 5.41 Å². The summed E-state index contributed by atoms with van der Waals surface area (Å²) in [4.78, 5) is 26.8. The quantitative estimate of drug-likeness (QED) is 0.0922. The molecule has 0 aliphatic rings. The number of ether oxygens (including phenoxy) is 2. The molecule has 0 fully saturated rings. The van der Waals surface area contributed by atoms with E-state index in [1.807, 2.05) is 47.0 Å². The fourth-order valence-electron chi connectivity index (χ4n) is 4.55. The molecule has 1 amide bonds. The minimum absolute atomic E-state index is 0.0136. The van der Waals surface area contributed by atoms with Crippen molar-refractivity contribution in [1.82, 2.24) is 9.88 Å². The third kappa shape index (κ3) is 5.94. The number of nitrogen functional groups attached to an aromatic ring is 1. The minimum atomic E-state index is -0.595. The number of nitrogens with zero attached hydrogens (tertiary/aromatic N) is 1. The summed E-state index contributed by atoms with van der Waals surface area (Å²) in [6.45, 7) is 0.496. The minimum Gasteiger partial charge on any atom is -0.459 e. The molecule has 0 saturated heterocycles. The first-order valence-corrected chi connectivity index (χ1v) is 13.5. The molecule has 0 atom stereocenters. The molecule has 0 unspecified atom stereocenters. The summed E-state index contributed by atoms with van der Waals surface area (Å²) in [5.74, 6) is -0.578. The number of hydrogen-bond donors (Lipinski definition) is 3. The molecule has 40 heavy (non-hydrogen) atoms. The summed E-state index contributed by atoms with van der Waals surface area (Å²) in [5, 5.41) is 13.4. The molecule has 0 saturated carbocycles. The van der Waals surface area contributed by atoms with Crippen LogP contribution >= 0.6 is 11.8 Å². The van der Waals surface area contributed by atoms with Crippen LogP contribution in [0, 0.1) is 5.41 Å². The molecule has 0 aliphatic heterocycles. The van der Waals surface area contributed by atoms with E-state index in [1.165, 1.54) is 7.11 Å². The maximum absolute atomic E-state index is 13.3. The molecule has 4 N–H and O–H groups in total. The summed E-state index contributed by atoms with van der Waals surface area (Å²) in [6, 6.07) is 29.9. The maximum Gasteiger partial charge on any atom is 0.406 e. The van der Waals surface area contributed by atoms with Crippen LogP contribution < -0.4 is 11.1 Å². The molecular weight excluding hydrogens is 524 g/mol. The molecule has 202 valence electrons. The van der Waals surface area contributed by atoms with Crippen molar-refractivity contribution in [1.29, 1.82) is 5.41 Å². The summed E-state index contributed by atoms with van der Waals surface area (Å²) < 4.78 is 12.0. The number of methoxy groups -OCH3 is 1. The number of amidine groups is 1. The molecule has 1 heterocycles. The Morgan fingerprint density at radius 3 is 2.48 bits per heavy atom. The highest BCUT2D eigenvalue weighted by molar-refractivity contribution is 7.99. The number of alkyl carbamates (subject to hydrolysis) is 1. The van der Waals surface area contributed by atoms with Gasteiger partial charge < -0.3 is 25.1 Å². The molecule has 5 aromatic rings. The van der Waals surface area contributed by atoms with Crippen LogP contribution in [0.4, 0.5) is 4.79 Å². The summed E-state index contributed by atoms with van der Waals surface area (Å²) in [5.41, 5.74) is 8.51. The number of esters is 1. The van der Waals surface area contributed by atoms with E-state index >= 15 is 0 Å². The summed E-state index contributed by atoms with van der Waals surface area (Å²) in [6.07, 6.45) is -0.595. The smallest absolute Gasteiger partial charge is 0.406 e. The lowest BCUT2D eigenvalue weighted by Gasteiger charge is -2.15. The second-order valence-electron chi connectivity index (χ2n) is 9.08. The van der Waals surface area contributed by atoms with Gasteiger partial charge in [-0.05, 0) is 52.7 Å². The van der Waals surface area contributed by atoms with Crippen LogP contribution in [-0.4, -0.2) is 42.7 Å². The maximum atomic E-state index is 13.3. The second kappa shape index (κ2) is 12.0. The number of carbonyl (C=O) groups excluding carboxylic acids is 2. The van der Waals surface area contributed by atoms with Gasteiger partial charge in [0.25, 0.3) is 0 Å². The van der Waals surface area contributed by atoms with Crippen LogP contribution in [0.2, 0.25) is 0 Å². The van der Waals surface area contributed by atoms with Gasteiger partial charge in [0, 0.05) is 32.8 Å². The normalized spacial score (nSPS) is 10.9. The van der Waals surface area contributed by atoms with Gasteiger partial charge in [0.15, 0.2) is 0 Å². The zero-order valence-corrected chi connectivity index (χ0v) is 22.7. The van der Waals surface area contributed by atoms with E-state index in [0.717, 1.165) is 37.0 Å². The Morgan fingerprint density at radius 2 is 1.70 bits per heavy atom. The first-order valence-electron chi connectivity index (χ1n) is 12.6. The van der Waals surface area contributed by atoms with Gasteiger partial charge in [-0.15, -0.1) is 0 Å². The number of nitrogens with two attached hydrogens (primary N) is 1. The first kappa shape index (κ1) is 26.8. The van der Waals surface area contributed by atoms with Gasteiger partial charge in [0.2, 0.25) is 0 Å². The molecule has 5 rings (SSSR count). The molecule has 0 radical (unpaired) electrons. The van der Waals surface area contributed by atoms with Crippen LogP contribution in [-0.2, 0) is 16.0 Å². The molecule has 1 aromatic heterocycles. The fourth-order valence-corrected chi connectivity index (χ4v) is 5.50. The number of benzene rings is 4. The highest BCUT2D eigenvalue weighted by Gasteiger charge is 2.19. The molecule has 0 aliphatic carbocycles. The van der Waals surface area contributed by atoms with Crippen LogP contribution in [0.15, 0.2) is 101 Å². The van der Waals surface area contributed by atoms with E-state index < -0.39 is 12.1 Å². The lowest BCUT2D eigenvalue weighted by Crippen LogP contribution is -2.28. The van der Waals surface area contributed by atoms with Crippen LogP contribution in [0.25, 0.3) is 21.7 Å². The third-order valence-electron chi connectivity index (χ3n) is 6.44. The highest BCUT2D eigenvalue weighted by atomic mass is 32.2. The SMILES string of the molecule is COC(=O)NCCOC(=O)c1cc2ccc(C(=N)N)cc2n1Cc1cc(Sc2ccccc2)cc2ccccc12. The average Bonchev–Trinajstić information content (AvgIpc) is 3.33. The average molecular weight is 553 g/mol. The predicted octanol–water partition coefficient (Wildman–Crippen LogP) is 5.79. The van der Waals surface area contributed by atoms with Gasteiger partial charge in [-0.1, -0.05) is 66.4 Å². The Labute approximate surface area is 235 Å². The largest absolute Gasteiger partial charge is 0.459 e. The Bertz CT molecular complexity index is 1720. The van der Waals surface area contributed by atoms with Crippen molar-refractivity contribution in [3.63, 3.8) is 0 Å². The number of nitrogens with one attached hydrogen (secondary N) is 2. The van der Waals surface area contributed by atoms with Crippen molar-refractivity contribution < 1.29 is 19.1 Å². The van der Waals surface area contributed by atoms with Crippen LogP contribution in [0.1, 0.15) is 21.6 Å². The molecule has 9 heteroatoms. The van der Waals surface area contributed by atoms with Crippen molar-refractivity contribution in [2.24, 2.45) is 5.73 Å². The van der Waals surface area contributed by atoms with Crippen LogP contribution in [0.3, 0.4) is 0 Å². The zero-order chi connectivity index (χ0) is 28.1. The Kier molecular flexibility index (Phi) is 8.02. The Morgan fingerprint density at radius 1 is 0.925 bits per heavy atom. The second-order valence-corrected chi connectivity index (χ2v) is 10.2. The zero-order valence-electron chi connectivity index (χ0n) is 21.8. The van der Waals surface area contributed by atoms with Crippen molar-refractivity contribution in [3.05, 3.63) is 108 Å². The topological polar surface area (TPSA) is 119 Å². The van der Waals surface area contributed by atoms with Crippen molar-refractivity contribution in [2.45, 2.75) is 16.3 Å². The van der Waals surface area contributed by atoms with Crippen molar-refractivity contribution in [3.8, 4) is 0 Å². The van der Waals surface area contributed by atoms with Gasteiger partial charge in [-0.2, -0.15) is 0 Å². The van der Waals surface area contributed by atoms with E-state index in [4.69, 9.17) is 15.9 Å². The summed E-state index contributed by atoms with van der Waals surface area (Å²) >= 11 is 1.68. The summed E-state index contributed by atoms with van der Waals surface area (Å²) in [7, 11) is 1.27. The van der Waals surface area contributed by atoms with E-state index in [2.05, 4.69) is 46.5 Å². The number of hydrogen-bond acceptors (Lipinski definition) is 6. The number of fused-ring (bicyclic) bond motifs is 2. The van der Waals surface area contributed by atoms with Gasteiger partial charge >= 0.3 is 12.1 Å². The van der Waals surface area contributed by atoms with Crippen LogP contribution in [0.5, 0.6) is 0 Å². The number of rotatable bonds is 9. The van der Waals surface area contributed by atoms with Gasteiger partial charge in [0.05, 0.1) is 13.7 Å². The lowest BCUT2D eigenvalue weighted by atomic mass is 10.0. The fraction of sp³-hybridized carbons (Fsp3) is 0.129. The number of aromatic nitrogens is 1. The first-order chi connectivity index (χ1) is 19.4. The Balaban J connectivity index is 1.55. The molecule has 0 bridgehead atoms. The third-order valence-corrected chi connectivity index (χ3v) is 7.42. The monoisotopic (exact) mass is 552 g/mol. The van der Waals surface area contributed by atoms with E-state index in [9.17, 15) is 9.59 Å². The number of amides is 1. The predicted molar refractivity (Wildman–Crippen MR) is 157 cm³/mol. The molecule has 0 spiro atoms. The van der Waals surface area contributed by atoms with Gasteiger partial charge in [-0.25, -0.2) is 9.59 Å². The van der Waals surface area contributed by atoms with Gasteiger partial charge in [0.1, 0.15) is 18.1 Å². The standard InChI is InChI=1S/C31H28N4O4S/c1-38-31(37)34-13-14-39-30(36)28-17-21-11-12-22(29(32)33)18-27(21)35(28)19-23-16-25(40-24-8-3-2-4-9-24)15-20-7-5-6-10-26(20)23/h2-12,15-18H,13-14,19H2,1H3,(H3,32,33)(H,34,37). The Hall–Kier alpha value is -4.76. The van der Waals surface area contributed by atoms with E-state index in [1.54, 1.807) is 23.9 Å². The molecule has 4 aromatic carbocycles. The number of carbonyl (C=O) groups is 2. The molecule has 8 nitrogen and oxygen atoms in total.